The first-order valence-corrected chi connectivity index (χ1v) is 12.5. The standard InChI is InChI=1S/C25H24BrCl2N3O/c26-18-7-5-17(6-8-18)23-14-21(30-31(23)22-10-9-19(27)13-20(22)28)24(32)29-25-11-1-3-16(15-25)4-2-12-25/h1,3,5-10,13,16,23H,2,4,11-12,14-15H2,(H,29,32). The number of nitrogens with zero attached hydrogens (tertiary/aromatic N) is 2. The highest BCUT2D eigenvalue weighted by Crippen LogP contribution is 2.42. The second kappa shape index (κ2) is 8.85. The van der Waals surface area contributed by atoms with Crippen molar-refractivity contribution in [2.24, 2.45) is 11.0 Å². The van der Waals surface area contributed by atoms with Crippen LogP contribution in [0.5, 0.6) is 0 Å². The average molecular weight is 533 g/mol. The third-order valence-electron chi connectivity index (χ3n) is 6.76. The van der Waals surface area contributed by atoms with Gasteiger partial charge in [0.2, 0.25) is 0 Å². The number of allylic oxidation sites excluding steroid dienone is 1. The molecule has 2 bridgehead atoms. The molecule has 3 aliphatic rings. The molecular weight excluding hydrogens is 509 g/mol. The third-order valence-corrected chi connectivity index (χ3v) is 7.83. The molecule has 1 N–H and O–H groups in total. The Balaban J connectivity index is 1.45. The molecule has 3 atom stereocenters. The Labute approximate surface area is 206 Å². The van der Waals surface area contributed by atoms with E-state index < -0.39 is 0 Å². The summed E-state index contributed by atoms with van der Waals surface area (Å²) >= 11 is 16.1. The zero-order valence-corrected chi connectivity index (χ0v) is 20.6. The van der Waals surface area contributed by atoms with Crippen LogP contribution in [0, 0.1) is 5.92 Å². The fraction of sp³-hybridized carbons (Fsp3) is 0.360. The number of amides is 1. The van der Waals surface area contributed by atoms with E-state index in [0.717, 1.165) is 41.4 Å². The highest BCUT2D eigenvalue weighted by molar-refractivity contribution is 9.10. The molecular formula is C25H24BrCl2N3O. The molecule has 0 saturated heterocycles. The molecule has 1 saturated carbocycles. The predicted octanol–water partition coefficient (Wildman–Crippen LogP) is 7.07. The van der Waals surface area contributed by atoms with Crippen molar-refractivity contribution < 1.29 is 4.79 Å². The fourth-order valence-corrected chi connectivity index (χ4v) is 5.96. The number of halogens is 3. The average Bonchev–Trinajstić information content (AvgIpc) is 3.19. The van der Waals surface area contributed by atoms with Gasteiger partial charge in [-0.15, -0.1) is 0 Å². The maximum Gasteiger partial charge on any atom is 0.268 e. The quantitative estimate of drug-likeness (QED) is 0.428. The first-order chi connectivity index (χ1) is 15.4. The highest BCUT2D eigenvalue weighted by atomic mass is 79.9. The molecule has 2 aromatic rings. The summed E-state index contributed by atoms with van der Waals surface area (Å²) in [6, 6.07) is 13.4. The van der Waals surface area contributed by atoms with Crippen molar-refractivity contribution in [3.8, 4) is 0 Å². The molecule has 4 nitrogen and oxygen atoms in total. The Kier molecular flexibility index (Phi) is 6.08. The summed E-state index contributed by atoms with van der Waals surface area (Å²) in [5, 5.41) is 11.1. The van der Waals surface area contributed by atoms with Crippen molar-refractivity contribution in [3.05, 3.63) is 74.7 Å². The first kappa shape index (κ1) is 22.0. The zero-order chi connectivity index (χ0) is 22.3. The maximum atomic E-state index is 13.4. The van der Waals surface area contributed by atoms with E-state index in [0.29, 0.717) is 28.1 Å². The van der Waals surface area contributed by atoms with Crippen LogP contribution in [0.3, 0.4) is 0 Å². The normalized spacial score (nSPS) is 26.7. The van der Waals surface area contributed by atoms with Gasteiger partial charge in [0.25, 0.3) is 5.91 Å². The summed E-state index contributed by atoms with van der Waals surface area (Å²) in [6.45, 7) is 0. The SMILES string of the molecule is O=C(NC12CC=CC(CCC1)C2)C1=NN(c2ccc(Cl)cc2Cl)C(c2ccc(Br)cc2)C1. The summed E-state index contributed by atoms with van der Waals surface area (Å²) in [5.41, 5.74) is 2.20. The maximum absolute atomic E-state index is 13.4. The van der Waals surface area contributed by atoms with E-state index in [9.17, 15) is 4.79 Å². The lowest BCUT2D eigenvalue weighted by Crippen LogP contribution is -2.53. The lowest BCUT2D eigenvalue weighted by Gasteiger charge is -2.43. The fourth-order valence-electron chi connectivity index (χ4n) is 5.20. The van der Waals surface area contributed by atoms with Crippen molar-refractivity contribution in [2.45, 2.75) is 50.1 Å². The van der Waals surface area contributed by atoms with Crippen LogP contribution in [0.25, 0.3) is 0 Å². The van der Waals surface area contributed by atoms with Gasteiger partial charge in [-0.2, -0.15) is 5.10 Å². The van der Waals surface area contributed by atoms with E-state index in [1.54, 1.807) is 12.1 Å². The van der Waals surface area contributed by atoms with Crippen LogP contribution in [-0.2, 0) is 4.79 Å². The van der Waals surface area contributed by atoms with Gasteiger partial charge in [-0.1, -0.05) is 69.8 Å². The smallest absolute Gasteiger partial charge is 0.268 e. The number of anilines is 1. The largest absolute Gasteiger partial charge is 0.345 e. The molecule has 2 aliphatic carbocycles. The van der Waals surface area contributed by atoms with Gasteiger partial charge in [-0.25, -0.2) is 0 Å². The molecule has 0 spiro atoms. The van der Waals surface area contributed by atoms with Crippen LogP contribution in [-0.4, -0.2) is 17.2 Å². The highest BCUT2D eigenvalue weighted by Gasteiger charge is 2.41. The summed E-state index contributed by atoms with van der Waals surface area (Å²) in [7, 11) is 0. The molecule has 0 radical (unpaired) electrons. The molecule has 1 aliphatic heterocycles. The third kappa shape index (κ3) is 4.35. The molecule has 1 amide bonds. The van der Waals surface area contributed by atoms with Gasteiger partial charge < -0.3 is 5.32 Å². The van der Waals surface area contributed by atoms with Crippen molar-refractivity contribution in [3.63, 3.8) is 0 Å². The summed E-state index contributed by atoms with van der Waals surface area (Å²) in [4.78, 5) is 13.4. The van der Waals surface area contributed by atoms with E-state index >= 15 is 0 Å². The first-order valence-electron chi connectivity index (χ1n) is 11.0. The van der Waals surface area contributed by atoms with E-state index in [1.165, 1.54) is 6.42 Å². The second-order valence-corrected chi connectivity index (χ2v) is 10.7. The van der Waals surface area contributed by atoms with Gasteiger partial charge in [0, 0.05) is 21.5 Å². The van der Waals surface area contributed by atoms with Crippen LogP contribution < -0.4 is 10.3 Å². The molecule has 5 rings (SSSR count). The number of rotatable bonds is 4. The summed E-state index contributed by atoms with van der Waals surface area (Å²) in [6.07, 6.45) is 10.4. The second-order valence-electron chi connectivity index (χ2n) is 8.98. The number of nitrogens with one attached hydrogen (secondary N) is 1. The Morgan fingerprint density at radius 1 is 1.19 bits per heavy atom. The Hall–Kier alpha value is -1.82. The molecule has 1 fully saturated rings. The number of hydrogen-bond donors (Lipinski definition) is 1. The van der Waals surface area contributed by atoms with Crippen molar-refractivity contribution in [2.75, 3.05) is 5.01 Å². The van der Waals surface area contributed by atoms with Crippen molar-refractivity contribution >= 4 is 56.4 Å². The van der Waals surface area contributed by atoms with Crippen molar-refractivity contribution in [1.82, 2.24) is 5.32 Å². The minimum atomic E-state index is -0.143. The van der Waals surface area contributed by atoms with Gasteiger partial charge in [0.05, 0.1) is 16.8 Å². The Morgan fingerprint density at radius 2 is 2.00 bits per heavy atom. The van der Waals surface area contributed by atoms with Gasteiger partial charge in [0.1, 0.15) is 5.71 Å². The van der Waals surface area contributed by atoms with Crippen LogP contribution in [0.15, 0.2) is 64.2 Å². The van der Waals surface area contributed by atoms with Gasteiger partial charge in [-0.3, -0.25) is 9.80 Å². The number of hydrazone groups is 1. The predicted molar refractivity (Wildman–Crippen MR) is 134 cm³/mol. The van der Waals surface area contributed by atoms with Crippen LogP contribution in [0.4, 0.5) is 5.69 Å². The minimum absolute atomic E-state index is 0.0735. The summed E-state index contributed by atoms with van der Waals surface area (Å²) < 4.78 is 1.01. The number of carbonyl (C=O) groups excluding carboxylic acids is 1. The minimum Gasteiger partial charge on any atom is -0.345 e. The number of fused-ring (bicyclic) bond motifs is 2. The molecule has 166 valence electrons. The van der Waals surface area contributed by atoms with Crippen LogP contribution in [0.2, 0.25) is 10.0 Å². The molecule has 3 unspecified atom stereocenters. The molecule has 7 heteroatoms. The lowest BCUT2D eigenvalue weighted by molar-refractivity contribution is -0.117. The van der Waals surface area contributed by atoms with E-state index in [4.69, 9.17) is 28.3 Å². The molecule has 1 heterocycles. The number of hydrogen-bond acceptors (Lipinski definition) is 3. The monoisotopic (exact) mass is 531 g/mol. The van der Waals surface area contributed by atoms with Crippen LogP contribution in [0.1, 0.15) is 50.1 Å². The molecule has 32 heavy (non-hydrogen) atoms. The van der Waals surface area contributed by atoms with E-state index in [1.807, 2.05) is 23.2 Å². The topological polar surface area (TPSA) is 44.7 Å². The number of carbonyl (C=O) groups is 1. The summed E-state index contributed by atoms with van der Waals surface area (Å²) in [5.74, 6) is 0.499. The lowest BCUT2D eigenvalue weighted by atomic mass is 9.70. The molecule has 0 aromatic heterocycles. The zero-order valence-electron chi connectivity index (χ0n) is 17.5. The van der Waals surface area contributed by atoms with E-state index in [2.05, 4.69) is 45.5 Å². The van der Waals surface area contributed by atoms with E-state index in [-0.39, 0.29) is 17.5 Å². The van der Waals surface area contributed by atoms with Crippen molar-refractivity contribution in [1.29, 1.82) is 0 Å². The van der Waals surface area contributed by atoms with Crippen LogP contribution >= 0.6 is 39.1 Å². The molecule has 2 aromatic carbocycles. The van der Waals surface area contributed by atoms with Gasteiger partial charge >= 0.3 is 0 Å². The van der Waals surface area contributed by atoms with Gasteiger partial charge in [-0.05, 0) is 67.5 Å². The Bertz CT molecular complexity index is 1100. The van der Waals surface area contributed by atoms with Gasteiger partial charge in [0.15, 0.2) is 0 Å². The number of benzene rings is 2. The Morgan fingerprint density at radius 3 is 2.78 bits per heavy atom.